The van der Waals surface area contributed by atoms with Gasteiger partial charge in [0.1, 0.15) is 12.2 Å². The maximum atomic E-state index is 12.8. The lowest BCUT2D eigenvalue weighted by atomic mass is 10.2. The van der Waals surface area contributed by atoms with Crippen molar-refractivity contribution in [2.24, 2.45) is 0 Å². The fourth-order valence-electron chi connectivity index (χ4n) is 1.93. The molecule has 2 N–H and O–H groups in total. The van der Waals surface area contributed by atoms with Crippen molar-refractivity contribution in [3.05, 3.63) is 64.4 Å². The molecule has 0 aromatic heterocycles. The smallest absolute Gasteiger partial charge is 0.233 e. The van der Waals surface area contributed by atoms with E-state index in [0.29, 0.717) is 10.7 Å². The van der Waals surface area contributed by atoms with Gasteiger partial charge in [0.25, 0.3) is 0 Å². The molecule has 6 heteroatoms. The summed E-state index contributed by atoms with van der Waals surface area (Å²) in [4.78, 5) is 23.6. The Morgan fingerprint density at radius 2 is 1.78 bits per heavy atom. The summed E-state index contributed by atoms with van der Waals surface area (Å²) in [7, 11) is 0. The van der Waals surface area contributed by atoms with Gasteiger partial charge in [-0.15, -0.1) is 0 Å². The molecule has 0 radical (unpaired) electrons. The van der Waals surface area contributed by atoms with Crippen LogP contribution < -0.4 is 10.6 Å². The number of rotatable bonds is 5. The van der Waals surface area contributed by atoms with E-state index in [2.05, 4.69) is 10.6 Å². The zero-order valence-electron chi connectivity index (χ0n) is 12.5. The van der Waals surface area contributed by atoms with Crippen LogP contribution >= 0.6 is 11.6 Å². The molecule has 2 rings (SSSR count). The molecule has 0 aliphatic rings. The van der Waals surface area contributed by atoms with Crippen LogP contribution in [0.4, 0.5) is 10.1 Å². The minimum atomic E-state index is -0.424. The molecule has 0 bridgehead atoms. The molecule has 0 unspecified atom stereocenters. The van der Waals surface area contributed by atoms with Gasteiger partial charge in [-0.05, 0) is 42.3 Å². The Kier molecular flexibility index (Phi) is 5.71. The minimum absolute atomic E-state index is 0.239. The first-order valence-electron chi connectivity index (χ1n) is 7.01. The van der Waals surface area contributed by atoms with Crippen molar-refractivity contribution in [3.63, 3.8) is 0 Å². The highest BCUT2D eigenvalue weighted by Crippen LogP contribution is 2.20. The highest BCUT2D eigenvalue weighted by molar-refractivity contribution is 6.31. The van der Waals surface area contributed by atoms with Crippen LogP contribution in [0.1, 0.15) is 17.5 Å². The number of halogens is 2. The predicted molar refractivity (Wildman–Crippen MR) is 87.7 cm³/mol. The van der Waals surface area contributed by atoms with Gasteiger partial charge in [0.15, 0.2) is 0 Å². The van der Waals surface area contributed by atoms with Crippen LogP contribution in [-0.4, -0.2) is 11.8 Å². The monoisotopic (exact) mass is 334 g/mol. The molecule has 0 fully saturated rings. The lowest BCUT2D eigenvalue weighted by molar-refractivity contribution is -0.126. The van der Waals surface area contributed by atoms with Crippen LogP contribution in [0.3, 0.4) is 0 Å². The summed E-state index contributed by atoms with van der Waals surface area (Å²) in [6.07, 6.45) is -0.298. The number of carbonyl (C=O) groups is 2. The number of benzene rings is 2. The lowest BCUT2D eigenvalue weighted by Crippen LogP contribution is -2.27. The third kappa shape index (κ3) is 5.38. The number of carbonyl (C=O) groups excluding carboxylic acids is 2. The van der Waals surface area contributed by atoms with Gasteiger partial charge in [-0.1, -0.05) is 29.8 Å². The molecular weight excluding hydrogens is 319 g/mol. The molecule has 2 aromatic carbocycles. The number of amides is 2. The summed E-state index contributed by atoms with van der Waals surface area (Å²) >= 11 is 5.88. The van der Waals surface area contributed by atoms with Crippen LogP contribution in [0.2, 0.25) is 5.02 Å². The van der Waals surface area contributed by atoms with E-state index in [4.69, 9.17) is 11.6 Å². The number of nitrogens with one attached hydrogen (secondary N) is 2. The molecule has 0 aliphatic heterocycles. The van der Waals surface area contributed by atoms with E-state index in [9.17, 15) is 14.0 Å². The van der Waals surface area contributed by atoms with Crippen LogP contribution in [-0.2, 0) is 16.1 Å². The average molecular weight is 335 g/mol. The maximum absolute atomic E-state index is 12.8. The highest BCUT2D eigenvalue weighted by Gasteiger charge is 2.11. The molecule has 0 saturated carbocycles. The normalized spacial score (nSPS) is 10.2. The van der Waals surface area contributed by atoms with Crippen LogP contribution in [0.25, 0.3) is 0 Å². The van der Waals surface area contributed by atoms with Crippen molar-refractivity contribution in [3.8, 4) is 0 Å². The van der Waals surface area contributed by atoms with Crippen molar-refractivity contribution in [2.75, 3.05) is 5.32 Å². The summed E-state index contributed by atoms with van der Waals surface area (Å²) in [5.74, 6) is -1.17. The van der Waals surface area contributed by atoms with Crippen LogP contribution in [0.15, 0.2) is 42.5 Å². The number of hydrogen-bond acceptors (Lipinski definition) is 2. The molecule has 0 atom stereocenters. The molecule has 2 amide bonds. The summed E-state index contributed by atoms with van der Waals surface area (Å²) in [5.41, 5.74) is 2.19. The largest absolute Gasteiger partial charge is 0.352 e. The Balaban J connectivity index is 1.83. The van der Waals surface area contributed by atoms with Gasteiger partial charge in [-0.3, -0.25) is 9.59 Å². The molecule has 23 heavy (non-hydrogen) atoms. The zero-order valence-corrected chi connectivity index (χ0v) is 13.3. The summed E-state index contributed by atoms with van der Waals surface area (Å²) in [6.45, 7) is 2.07. The van der Waals surface area contributed by atoms with E-state index in [0.717, 1.165) is 11.1 Å². The fraction of sp³-hybridized carbons (Fsp3) is 0.176. The molecule has 0 heterocycles. The second-order valence-corrected chi connectivity index (χ2v) is 5.52. The van der Waals surface area contributed by atoms with E-state index in [1.54, 1.807) is 30.3 Å². The topological polar surface area (TPSA) is 58.2 Å². The summed E-state index contributed by atoms with van der Waals surface area (Å²) < 4.78 is 12.8. The van der Waals surface area contributed by atoms with Gasteiger partial charge in [0.2, 0.25) is 11.8 Å². The number of hydrogen-bond donors (Lipinski definition) is 2. The lowest BCUT2D eigenvalue weighted by Gasteiger charge is -2.09. The third-order valence-corrected chi connectivity index (χ3v) is 3.43. The Labute approximate surface area is 138 Å². The van der Waals surface area contributed by atoms with Gasteiger partial charge in [0, 0.05) is 17.3 Å². The molecule has 0 aliphatic carbocycles. The average Bonchev–Trinajstić information content (AvgIpc) is 2.50. The van der Waals surface area contributed by atoms with E-state index in [1.807, 2.05) is 6.92 Å². The number of anilines is 1. The first kappa shape index (κ1) is 17.0. The first-order chi connectivity index (χ1) is 10.9. The fourth-order valence-corrected chi connectivity index (χ4v) is 2.11. The van der Waals surface area contributed by atoms with Crippen molar-refractivity contribution in [2.45, 2.75) is 19.9 Å². The Morgan fingerprint density at radius 3 is 2.48 bits per heavy atom. The number of aryl methyl sites for hydroxylation is 1. The predicted octanol–water partition coefficient (Wildman–Crippen LogP) is 3.43. The molecule has 120 valence electrons. The SMILES string of the molecule is Cc1ccc(Cl)cc1NC(=O)CC(=O)NCc1ccc(F)cc1. The minimum Gasteiger partial charge on any atom is -0.352 e. The molecular formula is C17H16ClFN2O2. The Morgan fingerprint density at radius 1 is 1.09 bits per heavy atom. The quantitative estimate of drug-likeness (QED) is 0.823. The van der Waals surface area contributed by atoms with Gasteiger partial charge in [0.05, 0.1) is 0 Å². The van der Waals surface area contributed by atoms with Gasteiger partial charge in [-0.2, -0.15) is 0 Å². The van der Waals surface area contributed by atoms with Crippen LogP contribution in [0.5, 0.6) is 0 Å². The van der Waals surface area contributed by atoms with Gasteiger partial charge >= 0.3 is 0 Å². The molecule has 2 aromatic rings. The third-order valence-electron chi connectivity index (χ3n) is 3.20. The first-order valence-corrected chi connectivity index (χ1v) is 7.39. The van der Waals surface area contributed by atoms with E-state index in [1.165, 1.54) is 12.1 Å². The molecule has 0 saturated heterocycles. The Bertz CT molecular complexity index is 717. The van der Waals surface area contributed by atoms with Crippen molar-refractivity contribution < 1.29 is 14.0 Å². The van der Waals surface area contributed by atoms with Crippen molar-refractivity contribution in [1.29, 1.82) is 0 Å². The zero-order chi connectivity index (χ0) is 16.8. The van der Waals surface area contributed by atoms with E-state index in [-0.39, 0.29) is 18.8 Å². The second-order valence-electron chi connectivity index (χ2n) is 5.09. The maximum Gasteiger partial charge on any atom is 0.233 e. The summed E-state index contributed by atoms with van der Waals surface area (Å²) in [6, 6.07) is 10.9. The highest BCUT2D eigenvalue weighted by atomic mass is 35.5. The molecule has 0 spiro atoms. The van der Waals surface area contributed by atoms with Crippen LogP contribution in [0, 0.1) is 12.7 Å². The summed E-state index contributed by atoms with van der Waals surface area (Å²) in [5, 5.41) is 5.77. The molecule has 4 nitrogen and oxygen atoms in total. The van der Waals surface area contributed by atoms with Crippen molar-refractivity contribution in [1.82, 2.24) is 5.32 Å². The van der Waals surface area contributed by atoms with Gasteiger partial charge < -0.3 is 10.6 Å². The van der Waals surface area contributed by atoms with Crippen molar-refractivity contribution >= 4 is 29.1 Å². The van der Waals surface area contributed by atoms with E-state index >= 15 is 0 Å². The standard InChI is InChI=1S/C17H16ClFN2O2/c1-11-2-5-13(18)8-15(11)21-17(23)9-16(22)20-10-12-3-6-14(19)7-4-12/h2-8H,9-10H2,1H3,(H,20,22)(H,21,23). The Hall–Kier alpha value is -2.40. The second kappa shape index (κ2) is 7.74. The van der Waals surface area contributed by atoms with Gasteiger partial charge in [-0.25, -0.2) is 4.39 Å². The van der Waals surface area contributed by atoms with E-state index < -0.39 is 11.8 Å².